The standard InChI is InChI=1S/C17H24N6O2S/c1-4-23-17(19-20-21-23)26-11-16(24)18-14-5-7-15(8-6-14)22-9-12(2)25-13(3)10-22/h5-8,12-13H,4,9-11H2,1-3H3,(H,18,24)/t12-,13-/m1/s1. The average molecular weight is 376 g/mol. The predicted molar refractivity (Wildman–Crippen MR) is 102 cm³/mol. The molecule has 0 bridgehead atoms. The number of morpholine rings is 1. The van der Waals surface area contributed by atoms with Gasteiger partial charge in [-0.1, -0.05) is 11.8 Å². The summed E-state index contributed by atoms with van der Waals surface area (Å²) in [6.07, 6.45) is 0.435. The molecule has 0 radical (unpaired) electrons. The average Bonchev–Trinajstić information content (AvgIpc) is 3.07. The lowest BCUT2D eigenvalue weighted by molar-refractivity contribution is -0.113. The Kier molecular flexibility index (Phi) is 6.10. The number of hydrogen-bond acceptors (Lipinski definition) is 7. The van der Waals surface area contributed by atoms with Gasteiger partial charge in [-0.05, 0) is 55.5 Å². The second kappa shape index (κ2) is 8.50. The summed E-state index contributed by atoms with van der Waals surface area (Å²) in [5, 5.41) is 14.9. The summed E-state index contributed by atoms with van der Waals surface area (Å²) < 4.78 is 7.44. The van der Waals surface area contributed by atoms with Crippen molar-refractivity contribution in [2.45, 2.75) is 44.7 Å². The minimum absolute atomic E-state index is 0.0815. The first-order chi connectivity index (χ1) is 12.5. The Hall–Kier alpha value is -2.13. The van der Waals surface area contributed by atoms with Crippen LogP contribution in [0.5, 0.6) is 0 Å². The third kappa shape index (κ3) is 4.73. The summed E-state index contributed by atoms with van der Waals surface area (Å²) in [5.41, 5.74) is 1.92. The number of rotatable bonds is 6. The third-order valence-corrected chi connectivity index (χ3v) is 5.02. The summed E-state index contributed by atoms with van der Waals surface area (Å²) >= 11 is 1.32. The minimum Gasteiger partial charge on any atom is -0.372 e. The van der Waals surface area contributed by atoms with Gasteiger partial charge in [0.15, 0.2) is 0 Å². The monoisotopic (exact) mass is 376 g/mol. The van der Waals surface area contributed by atoms with Crippen LogP contribution in [0.4, 0.5) is 11.4 Å². The molecule has 2 aromatic rings. The summed E-state index contributed by atoms with van der Waals surface area (Å²) in [5.74, 6) is 0.183. The molecule has 1 saturated heterocycles. The smallest absolute Gasteiger partial charge is 0.234 e. The first-order valence-corrected chi connectivity index (χ1v) is 9.73. The van der Waals surface area contributed by atoms with Crippen LogP contribution >= 0.6 is 11.8 Å². The number of hydrogen-bond donors (Lipinski definition) is 1. The van der Waals surface area contributed by atoms with Crippen LogP contribution in [-0.2, 0) is 16.1 Å². The normalized spacial score (nSPS) is 20.2. The van der Waals surface area contributed by atoms with Crippen molar-refractivity contribution in [3.8, 4) is 0 Å². The highest BCUT2D eigenvalue weighted by molar-refractivity contribution is 7.99. The lowest BCUT2D eigenvalue weighted by Crippen LogP contribution is -2.45. The van der Waals surface area contributed by atoms with Gasteiger partial charge in [0.2, 0.25) is 11.1 Å². The van der Waals surface area contributed by atoms with Crippen molar-refractivity contribution in [2.75, 3.05) is 29.1 Å². The maximum Gasteiger partial charge on any atom is 0.234 e. The van der Waals surface area contributed by atoms with Crippen LogP contribution in [0.25, 0.3) is 0 Å². The molecule has 1 aliphatic heterocycles. The van der Waals surface area contributed by atoms with Gasteiger partial charge in [0, 0.05) is 31.0 Å². The SMILES string of the molecule is CCn1nnnc1SCC(=O)Nc1ccc(N2C[C@@H](C)O[C@H](C)C2)cc1. The van der Waals surface area contributed by atoms with E-state index in [4.69, 9.17) is 4.74 Å². The summed E-state index contributed by atoms with van der Waals surface area (Å²) in [6, 6.07) is 7.92. The molecule has 9 heteroatoms. The van der Waals surface area contributed by atoms with E-state index >= 15 is 0 Å². The van der Waals surface area contributed by atoms with Crippen LogP contribution in [0.15, 0.2) is 29.4 Å². The third-order valence-electron chi connectivity index (χ3n) is 4.07. The maximum absolute atomic E-state index is 12.1. The lowest BCUT2D eigenvalue weighted by atomic mass is 10.2. The largest absolute Gasteiger partial charge is 0.372 e. The van der Waals surface area contributed by atoms with Crippen molar-refractivity contribution in [3.63, 3.8) is 0 Å². The van der Waals surface area contributed by atoms with Crippen molar-refractivity contribution >= 4 is 29.0 Å². The highest BCUT2D eigenvalue weighted by Crippen LogP contribution is 2.22. The Morgan fingerprint density at radius 2 is 1.96 bits per heavy atom. The van der Waals surface area contributed by atoms with Crippen molar-refractivity contribution < 1.29 is 9.53 Å². The highest BCUT2D eigenvalue weighted by atomic mass is 32.2. The Balaban J connectivity index is 1.53. The molecule has 3 rings (SSSR count). The van der Waals surface area contributed by atoms with Gasteiger partial charge in [-0.2, -0.15) is 0 Å². The van der Waals surface area contributed by atoms with E-state index in [1.807, 2.05) is 31.2 Å². The number of tetrazole rings is 1. The van der Waals surface area contributed by atoms with E-state index in [9.17, 15) is 4.79 Å². The van der Waals surface area contributed by atoms with Crippen molar-refractivity contribution in [1.29, 1.82) is 0 Å². The van der Waals surface area contributed by atoms with E-state index in [2.05, 4.69) is 39.6 Å². The summed E-state index contributed by atoms with van der Waals surface area (Å²) in [4.78, 5) is 14.5. The van der Waals surface area contributed by atoms with Gasteiger partial charge in [-0.3, -0.25) is 4.79 Å². The quantitative estimate of drug-likeness (QED) is 0.772. The van der Waals surface area contributed by atoms with Crippen LogP contribution in [0.2, 0.25) is 0 Å². The molecule has 8 nitrogen and oxygen atoms in total. The van der Waals surface area contributed by atoms with E-state index in [0.717, 1.165) is 24.5 Å². The molecule has 1 amide bonds. The first-order valence-electron chi connectivity index (χ1n) is 8.74. The van der Waals surface area contributed by atoms with E-state index in [0.29, 0.717) is 11.7 Å². The topological polar surface area (TPSA) is 85.2 Å². The molecule has 0 spiro atoms. The Bertz CT molecular complexity index is 725. The second-order valence-electron chi connectivity index (χ2n) is 6.32. The number of ether oxygens (including phenoxy) is 1. The predicted octanol–water partition coefficient (Wildman–Crippen LogP) is 2.04. The van der Waals surface area contributed by atoms with Crippen molar-refractivity contribution in [1.82, 2.24) is 20.2 Å². The fraction of sp³-hybridized carbons (Fsp3) is 0.529. The number of anilines is 2. The number of aryl methyl sites for hydroxylation is 1. The lowest BCUT2D eigenvalue weighted by Gasteiger charge is -2.36. The molecule has 0 saturated carbocycles. The van der Waals surface area contributed by atoms with Crippen molar-refractivity contribution in [3.05, 3.63) is 24.3 Å². The number of aromatic nitrogens is 4. The number of carbonyl (C=O) groups excluding carboxylic acids is 1. The molecular formula is C17H24N6O2S. The number of benzene rings is 1. The molecular weight excluding hydrogens is 352 g/mol. The van der Waals surface area contributed by atoms with Gasteiger partial charge in [-0.15, -0.1) is 5.10 Å². The van der Waals surface area contributed by atoms with Crippen LogP contribution in [0.1, 0.15) is 20.8 Å². The van der Waals surface area contributed by atoms with Gasteiger partial charge in [-0.25, -0.2) is 4.68 Å². The first kappa shape index (κ1) is 18.7. The minimum atomic E-state index is -0.0815. The molecule has 1 aromatic carbocycles. The van der Waals surface area contributed by atoms with Gasteiger partial charge < -0.3 is 15.0 Å². The molecule has 1 aromatic heterocycles. The molecule has 0 unspecified atom stereocenters. The second-order valence-corrected chi connectivity index (χ2v) is 7.27. The Morgan fingerprint density at radius 1 is 1.27 bits per heavy atom. The van der Waals surface area contributed by atoms with Crippen LogP contribution in [-0.4, -0.2) is 57.2 Å². The number of amides is 1. The fourth-order valence-electron chi connectivity index (χ4n) is 2.97. The van der Waals surface area contributed by atoms with Gasteiger partial charge in [0.05, 0.1) is 18.0 Å². The number of carbonyl (C=O) groups is 1. The van der Waals surface area contributed by atoms with E-state index in [-0.39, 0.29) is 23.9 Å². The molecule has 2 heterocycles. The maximum atomic E-state index is 12.1. The van der Waals surface area contributed by atoms with E-state index in [1.165, 1.54) is 11.8 Å². The van der Waals surface area contributed by atoms with Gasteiger partial charge in [0.1, 0.15) is 0 Å². The zero-order valence-electron chi connectivity index (χ0n) is 15.3. The van der Waals surface area contributed by atoms with Crippen LogP contribution in [0, 0.1) is 0 Å². The molecule has 1 fully saturated rings. The summed E-state index contributed by atoms with van der Waals surface area (Å²) in [7, 11) is 0. The van der Waals surface area contributed by atoms with E-state index in [1.54, 1.807) is 4.68 Å². The van der Waals surface area contributed by atoms with E-state index < -0.39 is 0 Å². The number of thioether (sulfide) groups is 1. The molecule has 1 aliphatic rings. The molecule has 140 valence electrons. The molecule has 1 N–H and O–H groups in total. The highest BCUT2D eigenvalue weighted by Gasteiger charge is 2.22. The number of nitrogens with one attached hydrogen (secondary N) is 1. The molecule has 26 heavy (non-hydrogen) atoms. The van der Waals surface area contributed by atoms with Gasteiger partial charge in [0.25, 0.3) is 0 Å². The van der Waals surface area contributed by atoms with Crippen LogP contribution < -0.4 is 10.2 Å². The van der Waals surface area contributed by atoms with Gasteiger partial charge >= 0.3 is 0 Å². The molecule has 0 aliphatic carbocycles. The number of nitrogens with zero attached hydrogens (tertiary/aromatic N) is 5. The fourth-order valence-corrected chi connectivity index (χ4v) is 3.71. The van der Waals surface area contributed by atoms with Crippen molar-refractivity contribution in [2.24, 2.45) is 0 Å². The zero-order valence-corrected chi connectivity index (χ0v) is 16.1. The molecule has 2 atom stereocenters. The summed E-state index contributed by atoms with van der Waals surface area (Å²) in [6.45, 7) is 8.56. The van der Waals surface area contributed by atoms with Crippen LogP contribution in [0.3, 0.4) is 0 Å². The zero-order chi connectivity index (χ0) is 18.5. The Labute approximate surface area is 157 Å². The Morgan fingerprint density at radius 3 is 2.62 bits per heavy atom.